The maximum Gasteiger partial charge on any atom is 0.238 e. The van der Waals surface area contributed by atoms with E-state index in [9.17, 15) is 5.11 Å². The van der Waals surface area contributed by atoms with Crippen LogP contribution in [0.5, 0.6) is 0 Å². The lowest BCUT2D eigenvalue weighted by Crippen LogP contribution is -2.39. The summed E-state index contributed by atoms with van der Waals surface area (Å²) in [6.07, 6.45) is 3.55. The Labute approximate surface area is 173 Å². The Kier molecular flexibility index (Phi) is 6.11. The number of thiocarbonyl (C=S) groups is 1. The predicted octanol–water partition coefficient (Wildman–Crippen LogP) is 4.71. The first-order valence-electron chi connectivity index (χ1n) is 8.17. The average Bonchev–Trinajstić information content (AvgIpc) is 2.67. The number of nitrogens with one attached hydrogen (secondary N) is 1. The standard InChI is InChI=1S/C21H16Cl2N2OS/c1-14-7-3-4-8-18(14)24-21(27)19(25-11-5-2-6-12-25)20(26)15-9-10-16(22)17(23)13-15/h2-13H,1H3,(H-,24,26,27). The summed E-state index contributed by atoms with van der Waals surface area (Å²) in [4.78, 5) is 0.316. The van der Waals surface area contributed by atoms with Crippen molar-refractivity contribution < 1.29 is 9.67 Å². The van der Waals surface area contributed by atoms with Crippen molar-refractivity contribution >= 4 is 57.6 Å². The number of anilines is 1. The molecule has 0 unspecified atom stereocenters. The lowest BCUT2D eigenvalue weighted by atomic mass is 10.1. The molecule has 0 aliphatic carbocycles. The van der Waals surface area contributed by atoms with Gasteiger partial charge in [0, 0.05) is 17.8 Å². The molecular weight excluding hydrogens is 399 g/mol. The van der Waals surface area contributed by atoms with E-state index in [1.807, 2.05) is 49.4 Å². The van der Waals surface area contributed by atoms with Crippen LogP contribution in [0.2, 0.25) is 10.0 Å². The molecule has 3 aromatic rings. The molecule has 0 aliphatic heterocycles. The van der Waals surface area contributed by atoms with Gasteiger partial charge in [-0.15, -0.1) is 0 Å². The number of nitrogens with zero attached hydrogens (tertiary/aromatic N) is 1. The molecule has 1 aromatic heterocycles. The lowest BCUT2D eigenvalue weighted by molar-refractivity contribution is -0.577. The van der Waals surface area contributed by atoms with Crippen LogP contribution in [0.4, 0.5) is 5.69 Å². The number of para-hydroxylation sites is 1. The van der Waals surface area contributed by atoms with E-state index >= 15 is 0 Å². The highest BCUT2D eigenvalue weighted by molar-refractivity contribution is 7.81. The molecule has 0 saturated heterocycles. The van der Waals surface area contributed by atoms with Gasteiger partial charge < -0.3 is 10.4 Å². The third-order valence-corrected chi connectivity index (χ3v) is 5.01. The van der Waals surface area contributed by atoms with Crippen LogP contribution in [0, 0.1) is 6.92 Å². The second-order valence-electron chi connectivity index (χ2n) is 5.86. The quantitative estimate of drug-likeness (QED) is 0.290. The number of benzene rings is 2. The topological polar surface area (TPSA) is 39.0 Å². The van der Waals surface area contributed by atoms with Gasteiger partial charge in [-0.25, -0.2) is 0 Å². The van der Waals surface area contributed by atoms with Crippen LogP contribution < -0.4 is 15.0 Å². The van der Waals surface area contributed by atoms with Crippen molar-refractivity contribution in [3.8, 4) is 0 Å². The van der Waals surface area contributed by atoms with Gasteiger partial charge in [-0.2, -0.15) is 4.57 Å². The van der Waals surface area contributed by atoms with Gasteiger partial charge in [0.25, 0.3) is 0 Å². The van der Waals surface area contributed by atoms with E-state index in [0.29, 0.717) is 26.3 Å². The molecule has 27 heavy (non-hydrogen) atoms. The zero-order valence-electron chi connectivity index (χ0n) is 14.4. The molecular formula is C21H16Cl2N2OS. The molecule has 0 radical (unpaired) electrons. The van der Waals surface area contributed by atoms with E-state index in [1.54, 1.807) is 35.2 Å². The van der Waals surface area contributed by atoms with Gasteiger partial charge in [0.15, 0.2) is 17.4 Å². The minimum atomic E-state index is -0.254. The molecule has 0 bridgehead atoms. The van der Waals surface area contributed by atoms with E-state index < -0.39 is 0 Å². The molecule has 136 valence electrons. The Hall–Kier alpha value is -2.40. The summed E-state index contributed by atoms with van der Waals surface area (Å²) in [6, 6.07) is 18.1. The monoisotopic (exact) mass is 414 g/mol. The number of aryl methyl sites for hydroxylation is 1. The highest BCUT2D eigenvalue weighted by Crippen LogP contribution is 2.26. The highest BCUT2D eigenvalue weighted by Gasteiger charge is 2.19. The van der Waals surface area contributed by atoms with Crippen molar-refractivity contribution in [1.82, 2.24) is 0 Å². The van der Waals surface area contributed by atoms with Crippen LogP contribution >= 0.6 is 35.4 Å². The molecule has 1 heterocycles. The van der Waals surface area contributed by atoms with E-state index in [-0.39, 0.29) is 5.76 Å². The summed E-state index contributed by atoms with van der Waals surface area (Å²) in [5, 5.41) is 17.1. The number of aromatic nitrogens is 1. The summed E-state index contributed by atoms with van der Waals surface area (Å²) in [5.74, 6) is -0.254. The van der Waals surface area contributed by atoms with Gasteiger partial charge in [0.2, 0.25) is 5.70 Å². The third-order valence-electron chi connectivity index (χ3n) is 3.98. The summed E-state index contributed by atoms with van der Waals surface area (Å²) >= 11 is 17.7. The van der Waals surface area contributed by atoms with E-state index in [1.165, 1.54) is 0 Å². The summed E-state index contributed by atoms with van der Waals surface area (Å²) in [6.45, 7) is 1.97. The molecule has 3 rings (SSSR count). The van der Waals surface area contributed by atoms with Gasteiger partial charge in [0.1, 0.15) is 0 Å². The fourth-order valence-electron chi connectivity index (χ4n) is 2.55. The Morgan fingerprint density at radius 3 is 2.33 bits per heavy atom. The second-order valence-corrected chi connectivity index (χ2v) is 7.08. The number of hydrogen-bond acceptors (Lipinski definition) is 2. The molecule has 0 atom stereocenters. The first kappa shape index (κ1) is 19.4. The van der Waals surface area contributed by atoms with Crippen LogP contribution in [0.1, 0.15) is 11.1 Å². The molecule has 0 saturated carbocycles. The van der Waals surface area contributed by atoms with Crippen molar-refractivity contribution in [3.63, 3.8) is 0 Å². The summed E-state index contributed by atoms with van der Waals surface area (Å²) < 4.78 is 1.69. The van der Waals surface area contributed by atoms with Crippen LogP contribution in [-0.4, -0.2) is 4.99 Å². The molecule has 0 spiro atoms. The zero-order chi connectivity index (χ0) is 19.4. The predicted molar refractivity (Wildman–Crippen MR) is 114 cm³/mol. The first-order valence-corrected chi connectivity index (χ1v) is 9.34. The van der Waals surface area contributed by atoms with Crippen LogP contribution in [0.3, 0.4) is 0 Å². The van der Waals surface area contributed by atoms with Crippen LogP contribution in [0.15, 0.2) is 73.1 Å². The number of hydrogen-bond donors (Lipinski definition) is 1. The molecule has 2 aromatic carbocycles. The van der Waals surface area contributed by atoms with Gasteiger partial charge in [-0.05, 0) is 42.0 Å². The molecule has 1 N–H and O–H groups in total. The fraction of sp³-hybridized carbons (Fsp3) is 0.0476. The van der Waals surface area contributed by atoms with E-state index in [4.69, 9.17) is 35.4 Å². The van der Waals surface area contributed by atoms with Gasteiger partial charge in [0.05, 0.1) is 10.0 Å². The lowest BCUT2D eigenvalue weighted by Gasteiger charge is -2.18. The largest absolute Gasteiger partial charge is 0.867 e. The minimum absolute atomic E-state index is 0.254. The Balaban J connectivity index is 2.09. The molecule has 0 fully saturated rings. The molecule has 0 aliphatic rings. The smallest absolute Gasteiger partial charge is 0.238 e. The van der Waals surface area contributed by atoms with Crippen molar-refractivity contribution in [3.05, 3.63) is 94.2 Å². The van der Waals surface area contributed by atoms with Gasteiger partial charge in [-0.3, -0.25) is 0 Å². The Morgan fingerprint density at radius 2 is 1.67 bits per heavy atom. The maximum atomic E-state index is 13.2. The Morgan fingerprint density at radius 1 is 0.963 bits per heavy atom. The van der Waals surface area contributed by atoms with E-state index in [0.717, 1.165) is 11.3 Å². The number of pyridine rings is 1. The van der Waals surface area contributed by atoms with Crippen LogP contribution in [-0.2, 0) is 0 Å². The fourth-order valence-corrected chi connectivity index (χ4v) is 3.16. The summed E-state index contributed by atoms with van der Waals surface area (Å²) in [5.41, 5.74) is 2.61. The van der Waals surface area contributed by atoms with Gasteiger partial charge >= 0.3 is 0 Å². The maximum absolute atomic E-state index is 13.2. The minimum Gasteiger partial charge on any atom is -0.867 e. The van der Waals surface area contributed by atoms with Crippen molar-refractivity contribution in [1.29, 1.82) is 0 Å². The molecule has 0 amide bonds. The number of rotatable bonds is 4. The van der Waals surface area contributed by atoms with Crippen molar-refractivity contribution in [2.24, 2.45) is 0 Å². The van der Waals surface area contributed by atoms with Crippen molar-refractivity contribution in [2.75, 3.05) is 5.32 Å². The molecule has 6 heteroatoms. The third kappa shape index (κ3) is 4.48. The first-order chi connectivity index (χ1) is 13.0. The summed E-state index contributed by atoms with van der Waals surface area (Å²) in [7, 11) is 0. The second kappa shape index (κ2) is 8.53. The Bertz CT molecular complexity index is 1020. The van der Waals surface area contributed by atoms with Crippen molar-refractivity contribution in [2.45, 2.75) is 6.92 Å². The zero-order valence-corrected chi connectivity index (χ0v) is 16.8. The van der Waals surface area contributed by atoms with E-state index in [2.05, 4.69) is 5.32 Å². The average molecular weight is 415 g/mol. The van der Waals surface area contributed by atoms with Crippen LogP contribution in [0.25, 0.3) is 11.5 Å². The normalized spacial score (nSPS) is 11.7. The van der Waals surface area contributed by atoms with Gasteiger partial charge in [-0.1, -0.05) is 65.8 Å². The SMILES string of the molecule is Cc1ccccc1NC(=S)C(=C([O-])c1ccc(Cl)c(Cl)c1)[n+]1ccccc1. The number of halogens is 2. The molecule has 3 nitrogen and oxygen atoms in total. The highest BCUT2D eigenvalue weighted by atomic mass is 35.5.